The van der Waals surface area contributed by atoms with Crippen LogP contribution in [0.25, 0.3) is 11.0 Å². The molecule has 2 amide bonds. The van der Waals surface area contributed by atoms with Crippen molar-refractivity contribution in [1.82, 2.24) is 9.88 Å². The average Bonchev–Trinajstić information content (AvgIpc) is 3.06. The Labute approximate surface area is 139 Å². The van der Waals surface area contributed by atoms with Gasteiger partial charge in [0.15, 0.2) is 17.1 Å². The Kier molecular flexibility index (Phi) is 3.41. The van der Waals surface area contributed by atoms with Crippen LogP contribution in [-0.4, -0.2) is 21.7 Å². The monoisotopic (exact) mass is 320 g/mol. The quantitative estimate of drug-likeness (QED) is 0.594. The van der Waals surface area contributed by atoms with Crippen LogP contribution in [0.5, 0.6) is 0 Å². The molecule has 5 heteroatoms. The molecule has 120 valence electrons. The normalized spacial score (nSPS) is 17.9. The number of aromatic amines is 1. The van der Waals surface area contributed by atoms with Crippen LogP contribution >= 0.6 is 0 Å². The molecule has 24 heavy (non-hydrogen) atoms. The number of benzene rings is 2. The van der Waals surface area contributed by atoms with Gasteiger partial charge in [0.25, 0.3) is 11.7 Å². The van der Waals surface area contributed by atoms with Gasteiger partial charge in [-0.2, -0.15) is 0 Å². The van der Waals surface area contributed by atoms with Gasteiger partial charge >= 0.3 is 0 Å². The first kappa shape index (κ1) is 14.6. The van der Waals surface area contributed by atoms with Gasteiger partial charge in [-0.1, -0.05) is 42.5 Å². The van der Waals surface area contributed by atoms with Crippen molar-refractivity contribution in [2.75, 3.05) is 0 Å². The highest BCUT2D eigenvalue weighted by Crippen LogP contribution is 2.24. The lowest BCUT2D eigenvalue weighted by Crippen LogP contribution is -2.45. The summed E-state index contributed by atoms with van der Waals surface area (Å²) in [5.74, 6) is 0.622. The van der Waals surface area contributed by atoms with E-state index in [1.165, 1.54) is 4.90 Å². The van der Waals surface area contributed by atoms with Gasteiger partial charge in [0.2, 0.25) is 5.91 Å². The summed E-state index contributed by atoms with van der Waals surface area (Å²) in [5.41, 5.74) is 2.87. The van der Waals surface area contributed by atoms with Crippen LogP contribution in [0, 0.1) is 6.92 Å². The number of nitrogens with zero attached hydrogens (tertiary/aromatic N) is 2. The van der Waals surface area contributed by atoms with E-state index >= 15 is 0 Å². The number of rotatable bonds is 3. The van der Waals surface area contributed by atoms with E-state index < -0.39 is 6.04 Å². The van der Waals surface area contributed by atoms with E-state index in [0.29, 0.717) is 6.54 Å². The molecule has 1 aromatic heterocycles. The van der Waals surface area contributed by atoms with Gasteiger partial charge in [-0.25, -0.2) is 9.55 Å². The summed E-state index contributed by atoms with van der Waals surface area (Å²) < 4.78 is 1.94. The van der Waals surface area contributed by atoms with E-state index in [1.54, 1.807) is 0 Å². The Morgan fingerprint density at radius 3 is 2.58 bits per heavy atom. The first-order valence-corrected chi connectivity index (χ1v) is 8.02. The van der Waals surface area contributed by atoms with E-state index in [-0.39, 0.29) is 18.2 Å². The van der Waals surface area contributed by atoms with Crippen molar-refractivity contribution in [3.8, 4) is 0 Å². The number of aromatic nitrogens is 2. The minimum atomic E-state index is -0.475. The molecule has 0 spiro atoms. The summed E-state index contributed by atoms with van der Waals surface area (Å²) >= 11 is 0. The summed E-state index contributed by atoms with van der Waals surface area (Å²) in [5, 5.41) is 0. The topological polar surface area (TPSA) is 57.0 Å². The zero-order valence-corrected chi connectivity index (χ0v) is 13.4. The molecule has 1 fully saturated rings. The lowest BCUT2D eigenvalue weighted by molar-refractivity contribution is -0.688. The third kappa shape index (κ3) is 2.29. The van der Waals surface area contributed by atoms with Gasteiger partial charge in [-0.05, 0) is 17.7 Å². The molecule has 3 aromatic rings. The van der Waals surface area contributed by atoms with Crippen LogP contribution < -0.4 is 4.57 Å². The molecule has 0 radical (unpaired) electrons. The van der Waals surface area contributed by atoms with Gasteiger partial charge in [-0.3, -0.25) is 14.5 Å². The molecule has 1 unspecified atom stereocenters. The molecule has 1 saturated heterocycles. The Hall–Kier alpha value is -2.95. The number of para-hydroxylation sites is 2. The number of hydrogen-bond acceptors (Lipinski definition) is 2. The lowest BCUT2D eigenvalue weighted by atomic mass is 10.2. The largest absolute Gasteiger partial charge is 0.275 e. The minimum Gasteiger partial charge on any atom is -0.274 e. The van der Waals surface area contributed by atoms with Crippen molar-refractivity contribution in [3.63, 3.8) is 0 Å². The molecule has 0 bridgehead atoms. The van der Waals surface area contributed by atoms with Gasteiger partial charge in [-0.15, -0.1) is 0 Å². The lowest BCUT2D eigenvalue weighted by Gasteiger charge is -2.14. The zero-order chi connectivity index (χ0) is 16.7. The molecule has 5 nitrogen and oxygen atoms in total. The number of hydrogen-bond donors (Lipinski definition) is 1. The van der Waals surface area contributed by atoms with Gasteiger partial charge in [0.1, 0.15) is 0 Å². The van der Waals surface area contributed by atoms with E-state index in [4.69, 9.17) is 0 Å². The predicted octanol–water partition coefficient (Wildman–Crippen LogP) is 2.26. The molecule has 1 aliphatic rings. The van der Waals surface area contributed by atoms with Gasteiger partial charge < -0.3 is 0 Å². The second kappa shape index (κ2) is 5.60. The molecule has 1 aliphatic heterocycles. The van der Waals surface area contributed by atoms with Crippen LogP contribution in [0.4, 0.5) is 0 Å². The van der Waals surface area contributed by atoms with Crippen LogP contribution in [0.3, 0.4) is 0 Å². The SMILES string of the molecule is Cc1[nH]c2ccccc2[n+]1C1CC(=O)N(Cc2ccccc2)C1=O. The van der Waals surface area contributed by atoms with Crippen LogP contribution in [-0.2, 0) is 16.1 Å². The molecular formula is C19H18N3O2+. The van der Waals surface area contributed by atoms with Crippen molar-refractivity contribution in [2.24, 2.45) is 0 Å². The Morgan fingerprint density at radius 1 is 1.08 bits per heavy atom. The fourth-order valence-electron chi connectivity index (χ4n) is 3.43. The number of H-pyrrole nitrogens is 1. The molecule has 2 heterocycles. The number of nitrogens with one attached hydrogen (secondary N) is 1. The summed E-state index contributed by atoms with van der Waals surface area (Å²) in [6, 6.07) is 17.0. The second-order valence-electron chi connectivity index (χ2n) is 6.12. The Bertz CT molecular complexity index is 930. The first-order chi connectivity index (χ1) is 11.6. The molecule has 0 aliphatic carbocycles. The standard InChI is InChI=1S/C19H17N3O2/c1-13-20-15-9-5-6-10-16(15)22(13)17-11-18(23)21(19(17)24)12-14-7-3-2-4-8-14/h2-10,17H,11-12H2,1H3/p+1. The number of likely N-dealkylation sites (tertiary alicyclic amines) is 1. The van der Waals surface area contributed by atoms with Crippen molar-refractivity contribution < 1.29 is 14.2 Å². The van der Waals surface area contributed by atoms with E-state index in [2.05, 4.69) is 4.98 Å². The Morgan fingerprint density at radius 2 is 1.79 bits per heavy atom. The van der Waals surface area contributed by atoms with Crippen molar-refractivity contribution in [1.29, 1.82) is 0 Å². The number of imidazole rings is 1. The van der Waals surface area contributed by atoms with Crippen molar-refractivity contribution in [2.45, 2.75) is 25.9 Å². The smallest absolute Gasteiger partial charge is 0.274 e. The summed E-state index contributed by atoms with van der Waals surface area (Å²) in [6.45, 7) is 2.26. The van der Waals surface area contributed by atoms with Crippen molar-refractivity contribution >= 4 is 22.8 Å². The van der Waals surface area contributed by atoms with Gasteiger partial charge in [0.05, 0.1) is 13.0 Å². The number of carbonyl (C=O) groups excluding carboxylic acids is 2. The summed E-state index contributed by atoms with van der Waals surface area (Å²) in [7, 11) is 0. The molecule has 4 rings (SSSR count). The maximum atomic E-state index is 12.9. The van der Waals surface area contributed by atoms with E-state index in [0.717, 1.165) is 22.4 Å². The third-order valence-corrected chi connectivity index (χ3v) is 4.56. The van der Waals surface area contributed by atoms with Crippen LogP contribution in [0.15, 0.2) is 54.6 Å². The highest BCUT2D eigenvalue weighted by atomic mass is 16.2. The molecule has 2 aromatic carbocycles. The number of carbonyl (C=O) groups is 2. The van der Waals surface area contributed by atoms with Crippen LogP contribution in [0.2, 0.25) is 0 Å². The van der Waals surface area contributed by atoms with Crippen LogP contribution in [0.1, 0.15) is 23.9 Å². The van der Waals surface area contributed by atoms with Gasteiger partial charge in [0, 0.05) is 6.92 Å². The number of aryl methyl sites for hydroxylation is 1. The summed E-state index contributed by atoms with van der Waals surface area (Å²) in [6.07, 6.45) is 0.207. The average molecular weight is 320 g/mol. The number of imide groups is 1. The third-order valence-electron chi connectivity index (χ3n) is 4.56. The fourth-order valence-corrected chi connectivity index (χ4v) is 3.43. The second-order valence-corrected chi connectivity index (χ2v) is 6.12. The number of fused-ring (bicyclic) bond motifs is 1. The Balaban J connectivity index is 1.69. The highest BCUT2D eigenvalue weighted by Gasteiger charge is 2.44. The molecule has 0 saturated carbocycles. The molecule has 1 atom stereocenters. The molecule has 1 N–H and O–H groups in total. The first-order valence-electron chi connectivity index (χ1n) is 8.02. The number of amides is 2. The van der Waals surface area contributed by atoms with E-state index in [1.807, 2.05) is 66.1 Å². The highest BCUT2D eigenvalue weighted by molar-refractivity contribution is 6.03. The zero-order valence-electron chi connectivity index (χ0n) is 13.4. The maximum absolute atomic E-state index is 12.9. The fraction of sp³-hybridized carbons (Fsp3) is 0.211. The maximum Gasteiger partial charge on any atom is 0.275 e. The van der Waals surface area contributed by atoms with E-state index in [9.17, 15) is 9.59 Å². The molecular weight excluding hydrogens is 302 g/mol. The van der Waals surface area contributed by atoms with Crippen molar-refractivity contribution in [3.05, 3.63) is 66.0 Å². The summed E-state index contributed by atoms with van der Waals surface area (Å²) in [4.78, 5) is 30.0. The minimum absolute atomic E-state index is 0.119. The predicted molar refractivity (Wildman–Crippen MR) is 88.9 cm³/mol.